The van der Waals surface area contributed by atoms with Crippen LogP contribution in [0.2, 0.25) is 0 Å². The molecule has 0 spiro atoms. The van der Waals surface area contributed by atoms with Crippen LogP contribution in [-0.4, -0.2) is 5.91 Å². The van der Waals surface area contributed by atoms with E-state index in [9.17, 15) is 13.6 Å². The molecule has 0 heterocycles. The van der Waals surface area contributed by atoms with Gasteiger partial charge in [-0.2, -0.15) is 0 Å². The van der Waals surface area contributed by atoms with Crippen LogP contribution in [0.25, 0.3) is 0 Å². The van der Waals surface area contributed by atoms with Gasteiger partial charge in [0.15, 0.2) is 0 Å². The molecule has 1 fully saturated rings. The van der Waals surface area contributed by atoms with Gasteiger partial charge in [0.05, 0.1) is 11.6 Å². The Bertz CT molecular complexity index is 574. The zero-order chi connectivity index (χ0) is 15.1. The summed E-state index contributed by atoms with van der Waals surface area (Å²) in [5.74, 6) is -1.53. The minimum Gasteiger partial charge on any atom is -0.323 e. The third kappa shape index (κ3) is 2.74. The molecular formula is C16H19F2NO. The van der Waals surface area contributed by atoms with E-state index < -0.39 is 11.6 Å². The predicted molar refractivity (Wildman–Crippen MR) is 75.2 cm³/mol. The molecule has 1 aliphatic carbocycles. The number of amides is 1. The van der Waals surface area contributed by atoms with Crippen molar-refractivity contribution >= 4 is 11.6 Å². The van der Waals surface area contributed by atoms with Gasteiger partial charge in [0.1, 0.15) is 11.6 Å². The first-order valence-electron chi connectivity index (χ1n) is 6.64. The van der Waals surface area contributed by atoms with Gasteiger partial charge in [0.2, 0.25) is 5.91 Å². The molecule has 1 N–H and O–H groups in total. The smallest absolute Gasteiger partial charge is 0.228 e. The molecule has 1 amide bonds. The van der Waals surface area contributed by atoms with Crippen LogP contribution in [0.3, 0.4) is 0 Å². The Morgan fingerprint density at radius 1 is 1.30 bits per heavy atom. The van der Waals surface area contributed by atoms with E-state index in [0.29, 0.717) is 0 Å². The Balaban J connectivity index is 2.14. The SMILES string of the molecule is CC(C)=CC1C(C(=O)Nc2cc(F)ccc2F)C1(C)C. The third-order valence-corrected chi connectivity index (χ3v) is 3.89. The maximum absolute atomic E-state index is 13.5. The number of hydrogen-bond acceptors (Lipinski definition) is 1. The predicted octanol–water partition coefficient (Wildman–Crippen LogP) is 4.14. The Hall–Kier alpha value is -1.71. The van der Waals surface area contributed by atoms with E-state index in [1.165, 1.54) is 0 Å². The van der Waals surface area contributed by atoms with Gasteiger partial charge in [-0.05, 0) is 37.3 Å². The first-order chi connectivity index (χ1) is 9.23. The van der Waals surface area contributed by atoms with Crippen LogP contribution in [0.15, 0.2) is 29.8 Å². The van der Waals surface area contributed by atoms with Crippen molar-refractivity contribution in [2.24, 2.45) is 17.3 Å². The zero-order valence-electron chi connectivity index (χ0n) is 12.1. The van der Waals surface area contributed by atoms with Gasteiger partial charge in [-0.1, -0.05) is 25.5 Å². The normalized spacial score (nSPS) is 23.1. The fourth-order valence-electron chi connectivity index (χ4n) is 2.65. The molecule has 1 aromatic rings. The lowest BCUT2D eigenvalue weighted by Crippen LogP contribution is -2.17. The number of anilines is 1. The number of carbonyl (C=O) groups is 1. The molecule has 2 rings (SSSR count). The molecule has 1 aliphatic rings. The minimum atomic E-state index is -0.628. The molecule has 2 unspecified atom stereocenters. The molecule has 0 saturated heterocycles. The summed E-state index contributed by atoms with van der Waals surface area (Å²) in [6.45, 7) is 7.97. The van der Waals surface area contributed by atoms with Crippen LogP contribution >= 0.6 is 0 Å². The first kappa shape index (κ1) is 14.7. The van der Waals surface area contributed by atoms with Crippen molar-refractivity contribution in [1.29, 1.82) is 0 Å². The highest BCUT2D eigenvalue weighted by atomic mass is 19.1. The lowest BCUT2D eigenvalue weighted by molar-refractivity contribution is -0.118. The number of halogens is 2. The van der Waals surface area contributed by atoms with Crippen LogP contribution in [0, 0.1) is 28.9 Å². The van der Waals surface area contributed by atoms with Crippen molar-refractivity contribution in [3.63, 3.8) is 0 Å². The third-order valence-electron chi connectivity index (χ3n) is 3.89. The van der Waals surface area contributed by atoms with Crippen molar-refractivity contribution < 1.29 is 13.6 Å². The second kappa shape index (κ2) is 5.00. The molecular weight excluding hydrogens is 260 g/mol. The van der Waals surface area contributed by atoms with Crippen molar-refractivity contribution in [1.82, 2.24) is 0 Å². The summed E-state index contributed by atoms with van der Waals surface area (Å²) >= 11 is 0. The molecule has 0 aliphatic heterocycles. The summed E-state index contributed by atoms with van der Waals surface area (Å²) in [5.41, 5.74) is 0.898. The highest BCUT2D eigenvalue weighted by Crippen LogP contribution is 2.59. The van der Waals surface area contributed by atoms with E-state index in [-0.39, 0.29) is 28.8 Å². The summed E-state index contributed by atoms with van der Waals surface area (Å²) in [7, 11) is 0. The van der Waals surface area contributed by atoms with Crippen LogP contribution in [-0.2, 0) is 4.79 Å². The van der Waals surface area contributed by atoms with E-state index in [1.54, 1.807) is 0 Å². The lowest BCUT2D eigenvalue weighted by Gasteiger charge is -2.07. The van der Waals surface area contributed by atoms with Crippen LogP contribution in [0.5, 0.6) is 0 Å². The maximum atomic E-state index is 13.5. The number of allylic oxidation sites excluding steroid dienone is 2. The quantitative estimate of drug-likeness (QED) is 0.828. The van der Waals surface area contributed by atoms with Crippen LogP contribution in [0.1, 0.15) is 27.7 Å². The molecule has 1 saturated carbocycles. The standard InChI is InChI=1S/C16H19F2NO/c1-9(2)7-11-14(16(11,3)4)15(20)19-13-8-10(17)5-6-12(13)18/h5-8,11,14H,1-4H3,(H,19,20). The molecule has 2 atom stereocenters. The summed E-state index contributed by atoms with van der Waals surface area (Å²) in [4.78, 5) is 12.2. The van der Waals surface area contributed by atoms with Crippen molar-refractivity contribution in [2.75, 3.05) is 5.32 Å². The first-order valence-corrected chi connectivity index (χ1v) is 6.64. The van der Waals surface area contributed by atoms with Gasteiger partial charge in [-0.25, -0.2) is 8.78 Å². The van der Waals surface area contributed by atoms with Gasteiger partial charge in [-0.15, -0.1) is 0 Å². The zero-order valence-corrected chi connectivity index (χ0v) is 12.1. The number of hydrogen-bond donors (Lipinski definition) is 1. The van der Waals surface area contributed by atoms with Crippen LogP contribution in [0.4, 0.5) is 14.5 Å². The summed E-state index contributed by atoms with van der Waals surface area (Å²) in [6, 6.07) is 3.03. The van der Waals surface area contributed by atoms with Gasteiger partial charge in [0, 0.05) is 6.07 Å². The van der Waals surface area contributed by atoms with Gasteiger partial charge >= 0.3 is 0 Å². The number of carbonyl (C=O) groups excluding carboxylic acids is 1. The van der Waals surface area contributed by atoms with Crippen LogP contribution < -0.4 is 5.32 Å². The number of nitrogens with one attached hydrogen (secondary N) is 1. The van der Waals surface area contributed by atoms with Crippen molar-refractivity contribution in [3.8, 4) is 0 Å². The number of rotatable bonds is 3. The van der Waals surface area contributed by atoms with E-state index >= 15 is 0 Å². The second-order valence-corrected chi connectivity index (χ2v) is 6.18. The molecule has 0 radical (unpaired) electrons. The second-order valence-electron chi connectivity index (χ2n) is 6.18. The van der Waals surface area contributed by atoms with Gasteiger partial charge in [0.25, 0.3) is 0 Å². The molecule has 0 aromatic heterocycles. The number of benzene rings is 1. The fourth-order valence-corrected chi connectivity index (χ4v) is 2.65. The van der Waals surface area contributed by atoms with Gasteiger partial charge < -0.3 is 5.32 Å². The molecule has 0 bridgehead atoms. The van der Waals surface area contributed by atoms with E-state index in [4.69, 9.17) is 0 Å². The van der Waals surface area contributed by atoms with Gasteiger partial charge in [-0.3, -0.25) is 4.79 Å². The minimum absolute atomic E-state index is 0.103. The van der Waals surface area contributed by atoms with E-state index in [1.807, 2.05) is 27.7 Å². The topological polar surface area (TPSA) is 29.1 Å². The molecule has 1 aromatic carbocycles. The molecule has 4 heteroatoms. The highest BCUT2D eigenvalue weighted by Gasteiger charge is 2.60. The Labute approximate surface area is 117 Å². The average Bonchev–Trinajstić information content (AvgIpc) is 2.84. The molecule has 108 valence electrons. The molecule has 2 nitrogen and oxygen atoms in total. The monoisotopic (exact) mass is 279 g/mol. The summed E-state index contributed by atoms with van der Waals surface area (Å²) in [5, 5.41) is 2.49. The Kier molecular flexibility index (Phi) is 3.67. The Morgan fingerprint density at radius 3 is 2.55 bits per heavy atom. The highest BCUT2D eigenvalue weighted by molar-refractivity contribution is 5.95. The summed E-state index contributed by atoms with van der Waals surface area (Å²) in [6.07, 6.45) is 2.06. The lowest BCUT2D eigenvalue weighted by atomic mass is 10.1. The van der Waals surface area contributed by atoms with Crippen molar-refractivity contribution in [3.05, 3.63) is 41.5 Å². The average molecular weight is 279 g/mol. The fraction of sp³-hybridized carbons (Fsp3) is 0.438. The maximum Gasteiger partial charge on any atom is 0.228 e. The largest absolute Gasteiger partial charge is 0.323 e. The van der Waals surface area contributed by atoms with E-state index in [2.05, 4.69) is 11.4 Å². The summed E-state index contributed by atoms with van der Waals surface area (Å²) < 4.78 is 26.6. The molecule has 20 heavy (non-hydrogen) atoms. The van der Waals surface area contributed by atoms with E-state index in [0.717, 1.165) is 23.8 Å². The van der Waals surface area contributed by atoms with Crippen molar-refractivity contribution in [2.45, 2.75) is 27.7 Å². The Morgan fingerprint density at radius 2 is 1.95 bits per heavy atom.